The Morgan fingerprint density at radius 2 is 1.71 bits per heavy atom. The van der Waals surface area contributed by atoms with E-state index < -0.39 is 5.92 Å². The zero-order valence-corrected chi connectivity index (χ0v) is 17.8. The van der Waals surface area contributed by atoms with Crippen LogP contribution in [0.5, 0.6) is 0 Å². The van der Waals surface area contributed by atoms with Gasteiger partial charge in [0.05, 0.1) is 5.92 Å². The molecule has 4 rings (SSSR count). The van der Waals surface area contributed by atoms with Crippen molar-refractivity contribution < 1.29 is 47.0 Å². The molecular formula is C19H21O3SY-. The van der Waals surface area contributed by atoms with Crippen molar-refractivity contribution in [3.8, 4) is 0 Å². The smallest absolute Gasteiger partial charge is 0.149 e. The van der Waals surface area contributed by atoms with Crippen LogP contribution in [-0.2, 0) is 47.0 Å². The van der Waals surface area contributed by atoms with Crippen LogP contribution in [0.1, 0.15) is 41.9 Å². The van der Waals surface area contributed by atoms with E-state index in [1.54, 1.807) is 11.8 Å². The number of carbonyl (C=O) groups is 2. The Morgan fingerprint density at radius 1 is 1.12 bits per heavy atom. The second-order valence-corrected chi connectivity index (χ2v) is 8.50. The molecule has 5 heteroatoms. The van der Waals surface area contributed by atoms with Gasteiger partial charge in [-0.1, -0.05) is 13.8 Å². The zero-order chi connectivity index (χ0) is 16.2. The topological polar surface area (TPSA) is 43.4 Å². The van der Waals surface area contributed by atoms with Gasteiger partial charge in [-0.3, -0.25) is 9.59 Å². The molecule has 0 amide bonds. The quantitative estimate of drug-likeness (QED) is 0.519. The van der Waals surface area contributed by atoms with Gasteiger partial charge >= 0.3 is 0 Å². The number of ether oxygens (including phenoxy) is 1. The third kappa shape index (κ3) is 2.88. The van der Waals surface area contributed by atoms with Crippen LogP contribution in [0.2, 0.25) is 0 Å². The zero-order valence-electron chi connectivity index (χ0n) is 14.1. The van der Waals surface area contributed by atoms with Crippen LogP contribution in [-0.4, -0.2) is 28.9 Å². The van der Waals surface area contributed by atoms with Crippen molar-refractivity contribution in [3.63, 3.8) is 0 Å². The summed E-state index contributed by atoms with van der Waals surface area (Å²) in [5, 5.41) is 0. The van der Waals surface area contributed by atoms with Crippen molar-refractivity contribution in [2.45, 2.75) is 44.0 Å². The van der Waals surface area contributed by atoms with Crippen molar-refractivity contribution in [1.29, 1.82) is 0 Å². The average molecular weight is 418 g/mol. The first kappa shape index (κ1) is 18.8. The predicted molar refractivity (Wildman–Crippen MR) is 89.5 cm³/mol. The monoisotopic (exact) mass is 418 g/mol. The number of hydrogen-bond donors (Lipinski definition) is 0. The van der Waals surface area contributed by atoms with Gasteiger partial charge in [0.25, 0.3) is 0 Å². The van der Waals surface area contributed by atoms with E-state index in [0.29, 0.717) is 12.8 Å². The molecule has 1 aliphatic heterocycles. The molecule has 0 aromatic heterocycles. The molecule has 1 saturated heterocycles. The van der Waals surface area contributed by atoms with E-state index in [9.17, 15) is 9.59 Å². The average Bonchev–Trinajstić information content (AvgIpc) is 2.98. The molecule has 24 heavy (non-hydrogen) atoms. The third-order valence-corrected chi connectivity index (χ3v) is 7.07. The molecule has 3 fully saturated rings. The summed E-state index contributed by atoms with van der Waals surface area (Å²) in [6.45, 7) is 4.69. The summed E-state index contributed by atoms with van der Waals surface area (Å²) in [6, 6.07) is 6.82. The number of carbonyl (C=O) groups excluding carboxylic acids is 2. The summed E-state index contributed by atoms with van der Waals surface area (Å²) in [4.78, 5) is 25.8. The minimum atomic E-state index is -0.564. The van der Waals surface area contributed by atoms with Gasteiger partial charge in [-0.15, -0.1) is 17.3 Å². The molecule has 1 spiro atoms. The Morgan fingerprint density at radius 3 is 2.21 bits per heavy atom. The minimum absolute atomic E-state index is 0. The van der Waals surface area contributed by atoms with Crippen LogP contribution >= 0.6 is 11.8 Å². The molecule has 1 heterocycles. The standard InChI is InChI=1S/C19H21O3S.Y/c1-11-5-3-6-12(2)15(11)16-17(20)13-9-19(10-14(13)18(16)21)22-7-4-8-23-19;/h5-6,13-14,16H,4,7-10H2,1-2H3;/q-1;. The van der Waals surface area contributed by atoms with Crippen molar-refractivity contribution in [2.24, 2.45) is 11.8 Å². The van der Waals surface area contributed by atoms with Crippen LogP contribution < -0.4 is 0 Å². The van der Waals surface area contributed by atoms with E-state index in [0.717, 1.165) is 35.5 Å². The van der Waals surface area contributed by atoms with E-state index in [1.807, 2.05) is 26.0 Å². The molecule has 3 nitrogen and oxygen atoms in total. The molecule has 0 N–H and O–H groups in total. The van der Waals surface area contributed by atoms with Gasteiger partial charge in [0, 0.05) is 51.2 Å². The minimum Gasteiger partial charge on any atom is -0.364 e. The molecule has 0 bridgehead atoms. The van der Waals surface area contributed by atoms with Gasteiger partial charge in [-0.25, -0.2) is 0 Å². The summed E-state index contributed by atoms with van der Waals surface area (Å²) < 4.78 is 6.00. The molecule has 125 valence electrons. The van der Waals surface area contributed by atoms with Crippen LogP contribution in [0.15, 0.2) is 12.1 Å². The summed E-state index contributed by atoms with van der Waals surface area (Å²) in [5.41, 5.74) is 2.91. The Labute approximate surface area is 172 Å². The van der Waals surface area contributed by atoms with E-state index in [4.69, 9.17) is 4.74 Å². The fourth-order valence-electron chi connectivity index (χ4n) is 4.55. The van der Waals surface area contributed by atoms with E-state index in [2.05, 4.69) is 6.07 Å². The second-order valence-electron chi connectivity index (χ2n) is 7.06. The number of thioether (sulfide) groups is 1. The van der Waals surface area contributed by atoms with Gasteiger partial charge < -0.3 is 4.74 Å². The molecule has 1 aromatic rings. The normalized spacial score (nSPS) is 35.2. The number of aryl methyl sites for hydroxylation is 2. The number of rotatable bonds is 1. The maximum atomic E-state index is 13.0. The fourth-order valence-corrected chi connectivity index (χ4v) is 5.95. The summed E-state index contributed by atoms with van der Waals surface area (Å²) in [5.74, 6) is 0.429. The van der Waals surface area contributed by atoms with Gasteiger partial charge in [-0.05, 0) is 25.0 Å². The van der Waals surface area contributed by atoms with Gasteiger partial charge in [0.2, 0.25) is 0 Å². The van der Waals surface area contributed by atoms with Gasteiger partial charge in [-0.2, -0.15) is 29.3 Å². The van der Waals surface area contributed by atoms with E-state index in [1.165, 1.54) is 0 Å². The molecule has 1 radical (unpaired) electrons. The molecule has 1 aromatic carbocycles. The molecule has 2 saturated carbocycles. The van der Waals surface area contributed by atoms with Gasteiger partial charge in [0.15, 0.2) is 0 Å². The Bertz CT molecular complexity index is 635. The van der Waals surface area contributed by atoms with Crippen LogP contribution in [0.25, 0.3) is 0 Å². The van der Waals surface area contributed by atoms with Crippen LogP contribution in [0.3, 0.4) is 0 Å². The van der Waals surface area contributed by atoms with Crippen LogP contribution in [0.4, 0.5) is 0 Å². The third-order valence-electron chi connectivity index (χ3n) is 5.60. The first-order valence-electron chi connectivity index (χ1n) is 8.35. The number of Topliss-reactive ketones (excluding diaryl/α,β-unsaturated/α-hetero) is 2. The van der Waals surface area contributed by atoms with Crippen molar-refractivity contribution in [2.75, 3.05) is 12.4 Å². The Balaban J connectivity index is 0.00000169. The second kappa shape index (κ2) is 6.94. The summed E-state index contributed by atoms with van der Waals surface area (Å²) in [7, 11) is 0. The largest absolute Gasteiger partial charge is 0.364 e. The maximum Gasteiger partial charge on any atom is 0.149 e. The van der Waals surface area contributed by atoms with Crippen molar-refractivity contribution in [3.05, 3.63) is 34.9 Å². The molecule has 3 aliphatic rings. The number of ketones is 2. The number of hydrogen-bond acceptors (Lipinski definition) is 4. The summed E-state index contributed by atoms with van der Waals surface area (Å²) in [6.07, 6.45) is 2.48. The first-order valence-corrected chi connectivity index (χ1v) is 9.33. The van der Waals surface area contributed by atoms with E-state index in [-0.39, 0.29) is 61.0 Å². The molecule has 2 aliphatic carbocycles. The number of fused-ring (bicyclic) bond motifs is 1. The SMILES string of the molecule is Cc1c[c-]cc(C)c1C1C(=O)C2CC3(CC2C1=O)OCCCS3.[Y]. The van der Waals surface area contributed by atoms with Crippen LogP contribution in [0, 0.1) is 31.7 Å². The molecular weight excluding hydrogens is 397 g/mol. The van der Waals surface area contributed by atoms with Gasteiger partial charge in [0.1, 0.15) is 16.5 Å². The number of benzene rings is 1. The van der Waals surface area contributed by atoms with Crippen molar-refractivity contribution >= 4 is 23.3 Å². The Kier molecular flexibility index (Phi) is 5.43. The predicted octanol–water partition coefficient (Wildman–Crippen LogP) is 3.21. The summed E-state index contributed by atoms with van der Waals surface area (Å²) >= 11 is 1.81. The molecule has 2 atom stereocenters. The maximum absolute atomic E-state index is 13.0. The van der Waals surface area contributed by atoms with Crippen molar-refractivity contribution in [1.82, 2.24) is 0 Å². The molecule has 2 unspecified atom stereocenters. The Hall–Kier alpha value is -0.0261. The van der Waals surface area contributed by atoms with E-state index >= 15 is 0 Å². The fraction of sp³-hybridized carbons (Fsp3) is 0.579. The first-order chi connectivity index (χ1) is 11.0.